The molecule has 2 N–H and O–H groups in total. The molecule has 1 unspecified atom stereocenters. The lowest BCUT2D eigenvalue weighted by atomic mass is 9.96. The summed E-state index contributed by atoms with van der Waals surface area (Å²) in [4.78, 5) is 4.33. The lowest BCUT2D eigenvalue weighted by molar-refractivity contribution is 0.415. The summed E-state index contributed by atoms with van der Waals surface area (Å²) in [7, 11) is 1.67. The molecule has 0 saturated heterocycles. The quantitative estimate of drug-likeness (QED) is 0.893. The van der Waals surface area contributed by atoms with Crippen molar-refractivity contribution in [2.75, 3.05) is 13.7 Å². The first-order chi connectivity index (χ1) is 9.24. The molecule has 1 atom stereocenters. The average molecular weight is 256 g/mol. The van der Waals surface area contributed by atoms with Crippen LogP contribution in [0.5, 0.6) is 5.75 Å². The van der Waals surface area contributed by atoms with Crippen molar-refractivity contribution < 1.29 is 4.74 Å². The summed E-state index contributed by atoms with van der Waals surface area (Å²) >= 11 is 0. The Morgan fingerprint density at radius 2 is 1.89 bits per heavy atom. The second kappa shape index (κ2) is 6.34. The zero-order valence-electron chi connectivity index (χ0n) is 11.5. The van der Waals surface area contributed by atoms with E-state index in [9.17, 15) is 0 Å². The molecule has 100 valence electrons. The number of hydrogen-bond acceptors (Lipinski definition) is 3. The highest BCUT2D eigenvalue weighted by Gasteiger charge is 2.07. The number of nitrogens with zero attached hydrogens (tertiary/aromatic N) is 1. The van der Waals surface area contributed by atoms with E-state index in [1.54, 1.807) is 7.11 Å². The first-order valence-corrected chi connectivity index (χ1v) is 6.54. The monoisotopic (exact) mass is 256 g/mol. The van der Waals surface area contributed by atoms with Gasteiger partial charge < -0.3 is 10.5 Å². The number of benzene rings is 1. The van der Waals surface area contributed by atoms with Crippen molar-refractivity contribution in [2.45, 2.75) is 19.3 Å². The molecule has 0 radical (unpaired) electrons. The van der Waals surface area contributed by atoms with Crippen molar-refractivity contribution in [3.8, 4) is 16.9 Å². The summed E-state index contributed by atoms with van der Waals surface area (Å²) in [5, 5.41) is 0. The molecule has 0 aliphatic rings. The van der Waals surface area contributed by atoms with Crippen LogP contribution in [-0.4, -0.2) is 18.6 Å². The Morgan fingerprint density at radius 1 is 1.16 bits per heavy atom. The van der Waals surface area contributed by atoms with Crippen LogP contribution in [0.15, 0.2) is 42.7 Å². The van der Waals surface area contributed by atoms with Crippen molar-refractivity contribution in [1.82, 2.24) is 4.98 Å². The highest BCUT2D eigenvalue weighted by Crippen LogP contribution is 2.25. The third-order valence-corrected chi connectivity index (χ3v) is 3.35. The van der Waals surface area contributed by atoms with Crippen molar-refractivity contribution >= 4 is 0 Å². The maximum Gasteiger partial charge on any atom is 0.118 e. The fourth-order valence-corrected chi connectivity index (χ4v) is 2.09. The molecule has 2 aromatic rings. The number of nitrogens with two attached hydrogens (primary N) is 1. The lowest BCUT2D eigenvalue weighted by Gasteiger charge is -2.11. The Bertz CT molecular complexity index is 523. The smallest absolute Gasteiger partial charge is 0.118 e. The van der Waals surface area contributed by atoms with Crippen LogP contribution in [0.3, 0.4) is 0 Å². The third kappa shape index (κ3) is 3.32. The lowest BCUT2D eigenvalue weighted by Crippen LogP contribution is -2.04. The fourth-order valence-electron chi connectivity index (χ4n) is 2.09. The van der Waals surface area contributed by atoms with Crippen molar-refractivity contribution in [1.29, 1.82) is 0 Å². The minimum absolute atomic E-state index is 0.440. The molecule has 1 aromatic heterocycles. The van der Waals surface area contributed by atoms with E-state index in [1.807, 2.05) is 36.7 Å². The Hall–Kier alpha value is -1.87. The van der Waals surface area contributed by atoms with Gasteiger partial charge in [-0.25, -0.2) is 0 Å². The number of aromatic nitrogens is 1. The zero-order valence-corrected chi connectivity index (χ0v) is 11.5. The highest BCUT2D eigenvalue weighted by atomic mass is 16.5. The van der Waals surface area contributed by atoms with Gasteiger partial charge >= 0.3 is 0 Å². The van der Waals surface area contributed by atoms with Crippen LogP contribution in [0.4, 0.5) is 0 Å². The molecular weight excluding hydrogens is 236 g/mol. The summed E-state index contributed by atoms with van der Waals surface area (Å²) in [6.07, 6.45) is 4.79. The topological polar surface area (TPSA) is 48.1 Å². The average Bonchev–Trinajstić information content (AvgIpc) is 2.48. The first kappa shape index (κ1) is 13.6. The Kier molecular flexibility index (Phi) is 4.53. The van der Waals surface area contributed by atoms with E-state index < -0.39 is 0 Å². The van der Waals surface area contributed by atoms with E-state index in [4.69, 9.17) is 10.5 Å². The molecule has 0 spiro atoms. The Balaban J connectivity index is 2.26. The van der Waals surface area contributed by atoms with E-state index in [0.29, 0.717) is 12.5 Å². The standard InChI is InChI=1S/C16H20N2O/c1-12(7-8-17)14-9-15(11-18-10-14)13-3-5-16(19-2)6-4-13/h3-6,9-12H,7-8,17H2,1-2H3. The van der Waals surface area contributed by atoms with E-state index >= 15 is 0 Å². The van der Waals surface area contributed by atoms with Crippen LogP contribution >= 0.6 is 0 Å². The normalized spacial score (nSPS) is 12.2. The number of methoxy groups -OCH3 is 1. The van der Waals surface area contributed by atoms with Gasteiger partial charge in [0.2, 0.25) is 0 Å². The zero-order chi connectivity index (χ0) is 13.7. The first-order valence-electron chi connectivity index (χ1n) is 6.54. The maximum atomic E-state index is 5.61. The van der Waals surface area contributed by atoms with Gasteiger partial charge in [0.25, 0.3) is 0 Å². The van der Waals surface area contributed by atoms with Gasteiger partial charge in [0.1, 0.15) is 5.75 Å². The van der Waals surface area contributed by atoms with Gasteiger partial charge in [-0.1, -0.05) is 19.1 Å². The number of hydrogen-bond donors (Lipinski definition) is 1. The Morgan fingerprint density at radius 3 is 2.53 bits per heavy atom. The van der Waals surface area contributed by atoms with Crippen LogP contribution in [-0.2, 0) is 0 Å². The Labute approximate surface area is 114 Å². The minimum atomic E-state index is 0.440. The van der Waals surface area contributed by atoms with Gasteiger partial charge in [0, 0.05) is 18.0 Å². The summed E-state index contributed by atoms with van der Waals surface area (Å²) < 4.78 is 5.17. The minimum Gasteiger partial charge on any atom is -0.497 e. The van der Waals surface area contributed by atoms with Crippen LogP contribution in [0.25, 0.3) is 11.1 Å². The van der Waals surface area contributed by atoms with E-state index in [2.05, 4.69) is 18.0 Å². The molecule has 0 amide bonds. The van der Waals surface area contributed by atoms with Gasteiger partial charge in [0.15, 0.2) is 0 Å². The van der Waals surface area contributed by atoms with Gasteiger partial charge in [-0.3, -0.25) is 4.98 Å². The predicted octanol–water partition coefficient (Wildman–Crippen LogP) is 3.21. The van der Waals surface area contributed by atoms with Crippen LogP contribution in [0.1, 0.15) is 24.8 Å². The summed E-state index contributed by atoms with van der Waals surface area (Å²) in [5.41, 5.74) is 9.13. The van der Waals surface area contributed by atoms with Crippen molar-refractivity contribution in [3.05, 3.63) is 48.3 Å². The van der Waals surface area contributed by atoms with Gasteiger partial charge in [0.05, 0.1) is 7.11 Å². The molecule has 0 fully saturated rings. The van der Waals surface area contributed by atoms with Crippen LogP contribution in [0, 0.1) is 0 Å². The van der Waals surface area contributed by atoms with Gasteiger partial charge in [-0.15, -0.1) is 0 Å². The highest BCUT2D eigenvalue weighted by molar-refractivity contribution is 5.64. The molecule has 2 rings (SSSR count). The van der Waals surface area contributed by atoms with Crippen LogP contribution < -0.4 is 10.5 Å². The number of pyridine rings is 1. The maximum absolute atomic E-state index is 5.61. The predicted molar refractivity (Wildman–Crippen MR) is 78.3 cm³/mol. The van der Waals surface area contributed by atoms with E-state index in [1.165, 1.54) is 5.56 Å². The summed E-state index contributed by atoms with van der Waals surface area (Å²) in [6.45, 7) is 2.88. The van der Waals surface area contributed by atoms with Crippen LogP contribution in [0.2, 0.25) is 0 Å². The molecule has 0 aliphatic carbocycles. The molecule has 0 saturated carbocycles. The largest absolute Gasteiger partial charge is 0.497 e. The molecule has 3 heteroatoms. The fraction of sp³-hybridized carbons (Fsp3) is 0.312. The van der Waals surface area contributed by atoms with Gasteiger partial charge in [-0.05, 0) is 48.2 Å². The van der Waals surface area contributed by atoms with Crippen molar-refractivity contribution in [3.63, 3.8) is 0 Å². The molecular formula is C16H20N2O. The molecule has 0 bridgehead atoms. The van der Waals surface area contributed by atoms with Crippen molar-refractivity contribution in [2.24, 2.45) is 5.73 Å². The van der Waals surface area contributed by atoms with Gasteiger partial charge in [-0.2, -0.15) is 0 Å². The molecule has 1 aromatic carbocycles. The molecule has 3 nitrogen and oxygen atoms in total. The second-order valence-electron chi connectivity index (χ2n) is 4.71. The molecule has 1 heterocycles. The third-order valence-electron chi connectivity index (χ3n) is 3.35. The molecule has 19 heavy (non-hydrogen) atoms. The number of ether oxygens (including phenoxy) is 1. The second-order valence-corrected chi connectivity index (χ2v) is 4.71. The number of rotatable bonds is 5. The SMILES string of the molecule is COc1ccc(-c2cncc(C(C)CCN)c2)cc1. The summed E-state index contributed by atoms with van der Waals surface area (Å²) in [6, 6.07) is 10.2. The van der Waals surface area contributed by atoms with E-state index in [0.717, 1.165) is 23.3 Å². The summed E-state index contributed by atoms with van der Waals surface area (Å²) in [5.74, 6) is 1.31. The van der Waals surface area contributed by atoms with E-state index in [-0.39, 0.29) is 0 Å². The molecule has 0 aliphatic heterocycles.